The molecule has 0 saturated heterocycles. The molecule has 0 aliphatic carbocycles. The number of aliphatic imine (C=N–C) groups is 1. The first-order chi connectivity index (χ1) is 14.8. The van der Waals surface area contributed by atoms with E-state index >= 15 is 0 Å². The van der Waals surface area contributed by atoms with Gasteiger partial charge in [0.05, 0.1) is 47.3 Å². The van der Waals surface area contributed by atoms with E-state index in [0.29, 0.717) is 34.6 Å². The van der Waals surface area contributed by atoms with Gasteiger partial charge in [-0.1, -0.05) is 0 Å². The molecule has 166 valence electrons. The summed E-state index contributed by atoms with van der Waals surface area (Å²) >= 11 is 0. The second-order valence-corrected chi connectivity index (χ2v) is 7.64. The zero-order valence-electron chi connectivity index (χ0n) is 19.0. The molecule has 0 fully saturated rings. The summed E-state index contributed by atoms with van der Waals surface area (Å²) in [5, 5.41) is 4.40. The number of hydrogen-bond acceptors (Lipinski definition) is 8. The SMILES string of the molecule is COc1cc2c(cc1OC)C(N/N=C/c1cc(OC)c(OC)c(OC)c1)=NC(C)(C)C2. The molecule has 1 heterocycles. The highest BCUT2D eigenvalue weighted by Gasteiger charge is 2.28. The van der Waals surface area contributed by atoms with Gasteiger partial charge in [0.25, 0.3) is 0 Å². The van der Waals surface area contributed by atoms with Crippen LogP contribution in [0, 0.1) is 0 Å². The van der Waals surface area contributed by atoms with Crippen molar-refractivity contribution in [2.24, 2.45) is 10.1 Å². The monoisotopic (exact) mass is 427 g/mol. The van der Waals surface area contributed by atoms with E-state index < -0.39 is 0 Å². The second kappa shape index (κ2) is 9.16. The number of amidine groups is 1. The summed E-state index contributed by atoms with van der Waals surface area (Å²) in [6, 6.07) is 7.56. The van der Waals surface area contributed by atoms with Gasteiger partial charge in [0.2, 0.25) is 5.75 Å². The highest BCUT2D eigenvalue weighted by molar-refractivity contribution is 6.02. The molecule has 0 unspecified atom stereocenters. The molecule has 2 aromatic rings. The molecule has 0 spiro atoms. The summed E-state index contributed by atoms with van der Waals surface area (Å²) < 4.78 is 27.1. The Balaban J connectivity index is 1.93. The smallest absolute Gasteiger partial charge is 0.203 e. The lowest BCUT2D eigenvalue weighted by atomic mass is 9.88. The van der Waals surface area contributed by atoms with Gasteiger partial charge in [-0.2, -0.15) is 5.10 Å². The van der Waals surface area contributed by atoms with Crippen LogP contribution in [-0.2, 0) is 6.42 Å². The summed E-state index contributed by atoms with van der Waals surface area (Å²) in [4.78, 5) is 4.84. The van der Waals surface area contributed by atoms with Gasteiger partial charge in [-0.25, -0.2) is 0 Å². The van der Waals surface area contributed by atoms with Gasteiger partial charge in [-0.05, 0) is 50.1 Å². The quantitative estimate of drug-likeness (QED) is 0.538. The third-order valence-electron chi connectivity index (χ3n) is 4.97. The second-order valence-electron chi connectivity index (χ2n) is 7.64. The molecule has 1 aliphatic heterocycles. The van der Waals surface area contributed by atoms with E-state index in [1.54, 1.807) is 41.8 Å². The number of hydrogen-bond donors (Lipinski definition) is 1. The van der Waals surface area contributed by atoms with Crippen molar-refractivity contribution in [3.05, 3.63) is 41.0 Å². The minimum absolute atomic E-state index is 0.281. The van der Waals surface area contributed by atoms with Gasteiger partial charge in [0.1, 0.15) is 5.84 Å². The number of rotatable bonds is 7. The summed E-state index contributed by atoms with van der Waals surface area (Å²) in [5.74, 6) is 3.64. The number of ether oxygens (including phenoxy) is 5. The van der Waals surface area contributed by atoms with E-state index in [-0.39, 0.29) is 5.54 Å². The average molecular weight is 428 g/mol. The van der Waals surface area contributed by atoms with E-state index in [1.165, 1.54) is 0 Å². The van der Waals surface area contributed by atoms with Gasteiger partial charge in [0.15, 0.2) is 23.0 Å². The van der Waals surface area contributed by atoms with E-state index in [0.717, 1.165) is 23.1 Å². The number of fused-ring (bicyclic) bond motifs is 1. The zero-order valence-corrected chi connectivity index (χ0v) is 19.0. The van der Waals surface area contributed by atoms with Crippen LogP contribution in [0.25, 0.3) is 0 Å². The van der Waals surface area contributed by atoms with E-state index in [1.807, 2.05) is 24.3 Å². The van der Waals surface area contributed by atoms with Crippen molar-refractivity contribution in [2.45, 2.75) is 25.8 Å². The maximum atomic E-state index is 5.46. The van der Waals surface area contributed by atoms with E-state index in [4.69, 9.17) is 28.7 Å². The van der Waals surface area contributed by atoms with Crippen molar-refractivity contribution in [3.63, 3.8) is 0 Å². The van der Waals surface area contributed by atoms with Crippen molar-refractivity contribution in [2.75, 3.05) is 35.5 Å². The van der Waals surface area contributed by atoms with Crippen molar-refractivity contribution >= 4 is 12.1 Å². The molecular formula is C23H29N3O5. The van der Waals surface area contributed by atoms with E-state index in [9.17, 15) is 0 Å². The van der Waals surface area contributed by atoms with Gasteiger partial charge in [-0.3, -0.25) is 10.4 Å². The van der Waals surface area contributed by atoms with Crippen LogP contribution in [0.5, 0.6) is 28.7 Å². The Morgan fingerprint density at radius 3 is 1.97 bits per heavy atom. The maximum absolute atomic E-state index is 5.46. The van der Waals surface area contributed by atoms with Crippen LogP contribution in [0.1, 0.15) is 30.5 Å². The number of benzene rings is 2. The first-order valence-corrected chi connectivity index (χ1v) is 9.80. The molecule has 0 radical (unpaired) electrons. The van der Waals surface area contributed by atoms with Gasteiger partial charge in [0, 0.05) is 11.1 Å². The predicted octanol–water partition coefficient (Wildman–Crippen LogP) is 3.43. The lowest BCUT2D eigenvalue weighted by Crippen LogP contribution is -2.34. The van der Waals surface area contributed by atoms with Crippen LogP contribution in [0.2, 0.25) is 0 Å². The molecule has 8 heteroatoms. The molecule has 0 atom stereocenters. The fourth-order valence-corrected chi connectivity index (χ4v) is 3.59. The topological polar surface area (TPSA) is 82.9 Å². The summed E-state index contributed by atoms with van der Waals surface area (Å²) in [7, 11) is 7.97. The molecule has 2 aromatic carbocycles. The molecule has 0 bridgehead atoms. The van der Waals surface area contributed by atoms with Gasteiger partial charge < -0.3 is 23.7 Å². The van der Waals surface area contributed by atoms with Crippen LogP contribution in [0.4, 0.5) is 0 Å². The maximum Gasteiger partial charge on any atom is 0.203 e. The molecule has 0 saturated carbocycles. The fraction of sp³-hybridized carbons (Fsp3) is 0.391. The summed E-state index contributed by atoms with van der Waals surface area (Å²) in [6.45, 7) is 4.16. The Morgan fingerprint density at radius 1 is 0.839 bits per heavy atom. The lowest BCUT2D eigenvalue weighted by molar-refractivity contribution is 0.324. The van der Waals surface area contributed by atoms with Crippen molar-refractivity contribution in [1.29, 1.82) is 0 Å². The first-order valence-electron chi connectivity index (χ1n) is 9.80. The average Bonchev–Trinajstić information content (AvgIpc) is 2.76. The Bertz CT molecular complexity index is 990. The zero-order chi connectivity index (χ0) is 22.6. The minimum Gasteiger partial charge on any atom is -0.493 e. The third-order valence-corrected chi connectivity index (χ3v) is 4.97. The van der Waals surface area contributed by atoms with Crippen LogP contribution in [0.15, 0.2) is 34.4 Å². The Labute approximate surface area is 182 Å². The highest BCUT2D eigenvalue weighted by Crippen LogP contribution is 2.38. The summed E-state index contributed by atoms with van der Waals surface area (Å²) in [5.41, 5.74) is 5.63. The van der Waals surface area contributed by atoms with Crippen LogP contribution in [-0.4, -0.2) is 53.1 Å². The van der Waals surface area contributed by atoms with Crippen LogP contribution < -0.4 is 29.1 Å². The molecule has 0 aromatic heterocycles. The van der Waals surface area contributed by atoms with Crippen molar-refractivity contribution in [1.82, 2.24) is 5.43 Å². The Kier molecular flexibility index (Phi) is 6.58. The molecular weight excluding hydrogens is 398 g/mol. The van der Waals surface area contributed by atoms with Crippen molar-refractivity contribution in [3.8, 4) is 28.7 Å². The van der Waals surface area contributed by atoms with Gasteiger partial charge in [-0.15, -0.1) is 0 Å². The number of nitrogens with one attached hydrogen (secondary N) is 1. The molecule has 3 rings (SSSR count). The van der Waals surface area contributed by atoms with Crippen LogP contribution in [0.3, 0.4) is 0 Å². The number of methoxy groups -OCH3 is 5. The Hall–Kier alpha value is -3.42. The molecule has 0 amide bonds. The third kappa shape index (κ3) is 4.68. The molecule has 1 N–H and O–H groups in total. The minimum atomic E-state index is -0.281. The predicted molar refractivity (Wildman–Crippen MR) is 121 cm³/mol. The normalized spacial score (nSPS) is 14.5. The Morgan fingerprint density at radius 2 is 1.42 bits per heavy atom. The van der Waals surface area contributed by atoms with Gasteiger partial charge >= 0.3 is 0 Å². The van der Waals surface area contributed by atoms with E-state index in [2.05, 4.69) is 24.4 Å². The summed E-state index contributed by atoms with van der Waals surface area (Å²) in [6.07, 6.45) is 2.46. The van der Waals surface area contributed by atoms with Crippen LogP contribution >= 0.6 is 0 Å². The first kappa shape index (κ1) is 22.3. The lowest BCUT2D eigenvalue weighted by Gasteiger charge is -2.29. The molecule has 8 nitrogen and oxygen atoms in total. The number of hydrazone groups is 1. The fourth-order valence-electron chi connectivity index (χ4n) is 3.59. The standard InChI is InChI=1S/C23H29N3O5/c1-23(2)12-15-10-17(27-3)18(28-4)11-16(15)22(25-23)26-24-13-14-8-19(29-5)21(31-7)20(9-14)30-6/h8-11,13H,12H2,1-7H3,(H,25,26)/b24-13+. The molecule has 31 heavy (non-hydrogen) atoms. The molecule has 1 aliphatic rings. The number of nitrogens with zero attached hydrogens (tertiary/aromatic N) is 2. The highest BCUT2D eigenvalue weighted by atomic mass is 16.5. The largest absolute Gasteiger partial charge is 0.493 e. The van der Waals surface area contributed by atoms with Crippen molar-refractivity contribution < 1.29 is 23.7 Å².